The minimum Gasteiger partial charge on any atom is -0.338 e. The maximum absolute atomic E-state index is 13.2. The summed E-state index contributed by atoms with van der Waals surface area (Å²) in [7, 11) is 0. The first kappa shape index (κ1) is 17.1. The van der Waals surface area contributed by atoms with Crippen LogP contribution in [0.2, 0.25) is 0 Å². The standard InChI is InChI=1S/C20H25N3O3/c1-14-7-4-5-12-22(14)17(24)13-23-18(25)20(21-19(23)26)11-6-9-15-8-2-3-10-16(15)20/h2-3,8,10,14H,4-7,9,11-13H2,1H3,(H,21,26)/t14-,20-/m1/s1. The molecule has 4 amide bonds. The topological polar surface area (TPSA) is 69.7 Å². The summed E-state index contributed by atoms with van der Waals surface area (Å²) in [6, 6.07) is 7.50. The molecule has 4 rings (SSSR count). The van der Waals surface area contributed by atoms with Crippen LogP contribution in [-0.2, 0) is 21.5 Å². The molecular weight excluding hydrogens is 330 g/mol. The number of hydrogen-bond acceptors (Lipinski definition) is 3. The third-order valence-corrected chi connectivity index (χ3v) is 6.07. The summed E-state index contributed by atoms with van der Waals surface area (Å²) < 4.78 is 0. The first-order chi connectivity index (χ1) is 12.5. The van der Waals surface area contributed by atoms with Gasteiger partial charge in [-0.2, -0.15) is 0 Å². The van der Waals surface area contributed by atoms with Crippen molar-refractivity contribution in [2.24, 2.45) is 0 Å². The molecule has 3 aliphatic rings. The molecule has 6 nitrogen and oxygen atoms in total. The highest BCUT2D eigenvalue weighted by molar-refractivity contribution is 6.09. The molecule has 2 saturated heterocycles. The Morgan fingerprint density at radius 2 is 2.04 bits per heavy atom. The first-order valence-electron chi connectivity index (χ1n) is 9.55. The van der Waals surface area contributed by atoms with Crippen molar-refractivity contribution >= 4 is 17.8 Å². The Kier molecular flexibility index (Phi) is 4.21. The van der Waals surface area contributed by atoms with Gasteiger partial charge in [0.15, 0.2) is 0 Å². The highest BCUT2D eigenvalue weighted by atomic mass is 16.2. The Balaban J connectivity index is 1.58. The van der Waals surface area contributed by atoms with Gasteiger partial charge >= 0.3 is 6.03 Å². The van der Waals surface area contributed by atoms with E-state index >= 15 is 0 Å². The summed E-state index contributed by atoms with van der Waals surface area (Å²) in [6.07, 6.45) is 5.41. The Hall–Kier alpha value is -2.37. The lowest BCUT2D eigenvalue weighted by atomic mass is 9.76. The fraction of sp³-hybridized carbons (Fsp3) is 0.550. The lowest BCUT2D eigenvalue weighted by Gasteiger charge is -2.35. The maximum Gasteiger partial charge on any atom is 0.325 e. The van der Waals surface area contributed by atoms with Crippen molar-refractivity contribution in [1.82, 2.24) is 15.1 Å². The van der Waals surface area contributed by atoms with Crippen molar-refractivity contribution in [3.63, 3.8) is 0 Å². The van der Waals surface area contributed by atoms with Crippen LogP contribution in [0.4, 0.5) is 4.79 Å². The summed E-state index contributed by atoms with van der Waals surface area (Å²) in [5, 5.41) is 2.91. The SMILES string of the molecule is C[C@@H]1CCCCN1C(=O)CN1C(=O)N[C@@]2(CCCc3ccccc32)C1=O. The Morgan fingerprint density at radius 3 is 2.85 bits per heavy atom. The predicted molar refractivity (Wildman–Crippen MR) is 96.3 cm³/mol. The molecule has 0 radical (unpaired) electrons. The monoisotopic (exact) mass is 355 g/mol. The third-order valence-electron chi connectivity index (χ3n) is 6.07. The van der Waals surface area contributed by atoms with Gasteiger partial charge in [-0.1, -0.05) is 24.3 Å². The van der Waals surface area contributed by atoms with E-state index in [1.807, 2.05) is 36.1 Å². The average molecular weight is 355 g/mol. The number of amides is 4. The summed E-state index contributed by atoms with van der Waals surface area (Å²) >= 11 is 0. The molecule has 0 bridgehead atoms. The van der Waals surface area contributed by atoms with E-state index in [0.717, 1.165) is 48.1 Å². The number of imide groups is 1. The predicted octanol–water partition coefficient (Wildman–Crippen LogP) is 2.17. The number of aryl methyl sites for hydroxylation is 1. The number of rotatable bonds is 2. The number of piperidine rings is 1. The summed E-state index contributed by atoms with van der Waals surface area (Å²) in [5.41, 5.74) is 0.982. The number of urea groups is 1. The van der Waals surface area contributed by atoms with E-state index in [9.17, 15) is 14.4 Å². The second-order valence-corrected chi connectivity index (χ2v) is 7.67. The van der Waals surface area contributed by atoms with E-state index in [0.29, 0.717) is 13.0 Å². The third kappa shape index (κ3) is 2.59. The van der Waals surface area contributed by atoms with Crippen LogP contribution in [0.25, 0.3) is 0 Å². The molecule has 1 aromatic rings. The van der Waals surface area contributed by atoms with Gasteiger partial charge in [0.2, 0.25) is 5.91 Å². The van der Waals surface area contributed by atoms with E-state index < -0.39 is 11.6 Å². The highest BCUT2D eigenvalue weighted by Crippen LogP contribution is 2.39. The number of carbonyl (C=O) groups excluding carboxylic acids is 3. The largest absolute Gasteiger partial charge is 0.338 e. The zero-order valence-corrected chi connectivity index (χ0v) is 15.2. The lowest BCUT2D eigenvalue weighted by Crippen LogP contribution is -2.49. The van der Waals surface area contributed by atoms with Crippen LogP contribution in [0.3, 0.4) is 0 Å². The van der Waals surface area contributed by atoms with Crippen molar-refractivity contribution in [1.29, 1.82) is 0 Å². The Labute approximate surface area is 153 Å². The molecule has 1 aliphatic carbocycles. The van der Waals surface area contributed by atoms with Crippen molar-refractivity contribution in [2.45, 2.75) is 57.0 Å². The molecule has 1 spiro atoms. The fourth-order valence-electron chi connectivity index (χ4n) is 4.65. The highest BCUT2D eigenvalue weighted by Gasteiger charge is 2.54. The van der Waals surface area contributed by atoms with Crippen molar-refractivity contribution in [3.8, 4) is 0 Å². The van der Waals surface area contributed by atoms with Crippen LogP contribution in [0, 0.1) is 0 Å². The zero-order chi connectivity index (χ0) is 18.3. The van der Waals surface area contributed by atoms with Crippen molar-refractivity contribution in [3.05, 3.63) is 35.4 Å². The van der Waals surface area contributed by atoms with Gasteiger partial charge in [-0.05, 0) is 56.6 Å². The second kappa shape index (κ2) is 6.41. The van der Waals surface area contributed by atoms with Gasteiger partial charge < -0.3 is 10.2 Å². The van der Waals surface area contributed by atoms with Crippen LogP contribution >= 0.6 is 0 Å². The number of likely N-dealkylation sites (tertiary alicyclic amines) is 1. The normalized spacial score (nSPS) is 28.3. The van der Waals surface area contributed by atoms with E-state index in [4.69, 9.17) is 0 Å². The van der Waals surface area contributed by atoms with E-state index in [1.165, 1.54) is 0 Å². The molecule has 1 aromatic carbocycles. The number of fused-ring (bicyclic) bond motifs is 2. The van der Waals surface area contributed by atoms with E-state index in [-0.39, 0.29) is 24.4 Å². The molecule has 6 heteroatoms. The molecule has 2 fully saturated rings. The molecule has 138 valence electrons. The average Bonchev–Trinajstić information content (AvgIpc) is 2.87. The van der Waals surface area contributed by atoms with Crippen LogP contribution < -0.4 is 5.32 Å². The van der Waals surface area contributed by atoms with Crippen LogP contribution in [0.1, 0.15) is 50.2 Å². The number of benzene rings is 1. The maximum atomic E-state index is 13.2. The van der Waals surface area contributed by atoms with Gasteiger partial charge in [0.1, 0.15) is 12.1 Å². The van der Waals surface area contributed by atoms with Gasteiger partial charge in [0, 0.05) is 12.6 Å². The van der Waals surface area contributed by atoms with Crippen molar-refractivity contribution < 1.29 is 14.4 Å². The molecule has 1 N–H and O–H groups in total. The van der Waals surface area contributed by atoms with Crippen molar-refractivity contribution in [2.75, 3.05) is 13.1 Å². The van der Waals surface area contributed by atoms with Crippen LogP contribution in [-0.4, -0.2) is 46.8 Å². The van der Waals surface area contributed by atoms with Crippen LogP contribution in [0.5, 0.6) is 0 Å². The van der Waals surface area contributed by atoms with Gasteiger partial charge in [-0.25, -0.2) is 4.79 Å². The Bertz CT molecular complexity index is 762. The molecule has 26 heavy (non-hydrogen) atoms. The van der Waals surface area contributed by atoms with Gasteiger partial charge in [0.25, 0.3) is 5.91 Å². The first-order valence-corrected chi connectivity index (χ1v) is 9.55. The van der Waals surface area contributed by atoms with Crippen LogP contribution in [0.15, 0.2) is 24.3 Å². The minimum atomic E-state index is -1.00. The molecular formula is C20H25N3O3. The lowest BCUT2D eigenvalue weighted by molar-refractivity contribution is -0.141. The molecule has 2 atom stereocenters. The van der Waals surface area contributed by atoms with Gasteiger partial charge in [0.05, 0.1) is 0 Å². The summed E-state index contributed by atoms with van der Waals surface area (Å²) in [5.74, 6) is -0.422. The number of nitrogens with one attached hydrogen (secondary N) is 1. The van der Waals surface area contributed by atoms with E-state index in [2.05, 4.69) is 5.32 Å². The minimum absolute atomic E-state index is 0.137. The molecule has 0 saturated carbocycles. The summed E-state index contributed by atoms with van der Waals surface area (Å²) in [6.45, 7) is 2.57. The zero-order valence-electron chi connectivity index (χ0n) is 15.2. The summed E-state index contributed by atoms with van der Waals surface area (Å²) in [4.78, 5) is 41.5. The van der Waals surface area contributed by atoms with Gasteiger partial charge in [-0.15, -0.1) is 0 Å². The van der Waals surface area contributed by atoms with E-state index in [1.54, 1.807) is 0 Å². The molecule has 0 aromatic heterocycles. The quantitative estimate of drug-likeness (QED) is 0.827. The molecule has 0 unspecified atom stereocenters. The number of hydrogen-bond donors (Lipinski definition) is 1. The number of nitrogens with zero attached hydrogens (tertiary/aromatic N) is 2. The number of carbonyl (C=O) groups is 3. The fourth-order valence-corrected chi connectivity index (χ4v) is 4.65. The molecule has 2 heterocycles. The Morgan fingerprint density at radius 1 is 1.23 bits per heavy atom. The molecule has 2 aliphatic heterocycles. The smallest absolute Gasteiger partial charge is 0.325 e. The second-order valence-electron chi connectivity index (χ2n) is 7.67. The van der Waals surface area contributed by atoms with Gasteiger partial charge in [-0.3, -0.25) is 14.5 Å².